The molecule has 1 unspecified atom stereocenters. The summed E-state index contributed by atoms with van der Waals surface area (Å²) in [5.74, 6) is 0.912. The second kappa shape index (κ2) is 5.70. The summed E-state index contributed by atoms with van der Waals surface area (Å²) in [4.78, 5) is 4.05. The van der Waals surface area contributed by atoms with Crippen LogP contribution in [-0.4, -0.2) is 21.2 Å². The first-order valence-corrected chi connectivity index (χ1v) is 4.94. The maximum Gasteiger partial charge on any atom is 0.138 e. The van der Waals surface area contributed by atoms with Gasteiger partial charge in [0.1, 0.15) is 12.2 Å². The van der Waals surface area contributed by atoms with Gasteiger partial charge in [0.25, 0.3) is 0 Å². The van der Waals surface area contributed by atoms with Gasteiger partial charge in [-0.2, -0.15) is 5.10 Å². The van der Waals surface area contributed by atoms with Crippen molar-refractivity contribution in [3.8, 4) is 0 Å². The van der Waals surface area contributed by atoms with Crippen molar-refractivity contribution in [1.82, 2.24) is 20.5 Å². The average molecular weight is 182 g/mol. The van der Waals surface area contributed by atoms with Crippen molar-refractivity contribution in [2.24, 2.45) is 0 Å². The van der Waals surface area contributed by atoms with Crippen molar-refractivity contribution >= 4 is 0 Å². The molecular formula is C9H18N4. The van der Waals surface area contributed by atoms with E-state index < -0.39 is 0 Å². The van der Waals surface area contributed by atoms with Gasteiger partial charge < -0.3 is 5.32 Å². The van der Waals surface area contributed by atoms with Crippen LogP contribution >= 0.6 is 0 Å². The van der Waals surface area contributed by atoms with Gasteiger partial charge in [0.15, 0.2) is 0 Å². The first-order valence-electron chi connectivity index (χ1n) is 4.94. The Morgan fingerprint density at radius 1 is 1.54 bits per heavy atom. The third-order valence-electron chi connectivity index (χ3n) is 2.15. The number of nitrogens with one attached hydrogen (secondary N) is 2. The highest BCUT2D eigenvalue weighted by atomic mass is 15.2. The fourth-order valence-electron chi connectivity index (χ4n) is 1.36. The average Bonchev–Trinajstić information content (AvgIpc) is 2.64. The van der Waals surface area contributed by atoms with Crippen LogP contribution in [0.5, 0.6) is 0 Å². The van der Waals surface area contributed by atoms with Crippen LogP contribution in [0.3, 0.4) is 0 Å². The van der Waals surface area contributed by atoms with Crippen molar-refractivity contribution in [2.75, 3.05) is 0 Å². The van der Waals surface area contributed by atoms with Gasteiger partial charge in [-0.15, -0.1) is 0 Å². The van der Waals surface area contributed by atoms with E-state index >= 15 is 0 Å². The van der Waals surface area contributed by atoms with E-state index in [4.69, 9.17) is 0 Å². The molecule has 1 heterocycles. The van der Waals surface area contributed by atoms with Gasteiger partial charge in [0.2, 0.25) is 0 Å². The lowest BCUT2D eigenvalue weighted by molar-refractivity contribution is 0.456. The summed E-state index contributed by atoms with van der Waals surface area (Å²) >= 11 is 0. The minimum atomic E-state index is 0.607. The molecule has 1 aromatic rings. The molecule has 0 fully saturated rings. The first kappa shape index (κ1) is 10.2. The first-order chi connectivity index (χ1) is 6.36. The molecule has 4 heteroatoms. The van der Waals surface area contributed by atoms with Crippen molar-refractivity contribution in [3.05, 3.63) is 12.2 Å². The lowest BCUT2D eigenvalue weighted by Gasteiger charge is -2.14. The van der Waals surface area contributed by atoms with Crippen LogP contribution in [0.1, 0.15) is 38.9 Å². The highest BCUT2D eigenvalue weighted by molar-refractivity contribution is 4.80. The van der Waals surface area contributed by atoms with E-state index in [0.29, 0.717) is 6.04 Å². The van der Waals surface area contributed by atoms with Gasteiger partial charge in [-0.3, -0.25) is 5.10 Å². The largest absolute Gasteiger partial charge is 0.307 e. The van der Waals surface area contributed by atoms with Crippen molar-refractivity contribution in [3.63, 3.8) is 0 Å². The van der Waals surface area contributed by atoms with E-state index in [2.05, 4.69) is 34.3 Å². The SMILES string of the molecule is CCCC(CC)NCc1ncn[nH]1. The molecule has 0 spiro atoms. The van der Waals surface area contributed by atoms with Gasteiger partial charge in [-0.05, 0) is 12.8 Å². The second-order valence-electron chi connectivity index (χ2n) is 3.21. The maximum absolute atomic E-state index is 4.05. The van der Waals surface area contributed by atoms with Gasteiger partial charge >= 0.3 is 0 Å². The van der Waals surface area contributed by atoms with Crippen LogP contribution < -0.4 is 5.32 Å². The monoisotopic (exact) mass is 182 g/mol. The van der Waals surface area contributed by atoms with E-state index in [1.54, 1.807) is 0 Å². The Labute approximate surface area is 79.2 Å². The number of hydrogen-bond donors (Lipinski definition) is 2. The van der Waals surface area contributed by atoms with Crippen LogP contribution in [0, 0.1) is 0 Å². The highest BCUT2D eigenvalue weighted by Crippen LogP contribution is 2.01. The molecule has 4 nitrogen and oxygen atoms in total. The molecule has 0 saturated heterocycles. The zero-order chi connectivity index (χ0) is 9.52. The van der Waals surface area contributed by atoms with E-state index in [1.807, 2.05) is 0 Å². The smallest absolute Gasteiger partial charge is 0.138 e. The molecule has 1 aromatic heterocycles. The normalized spacial score (nSPS) is 13.1. The molecule has 13 heavy (non-hydrogen) atoms. The van der Waals surface area contributed by atoms with Crippen molar-refractivity contribution in [1.29, 1.82) is 0 Å². The van der Waals surface area contributed by atoms with E-state index in [9.17, 15) is 0 Å². The summed E-state index contributed by atoms with van der Waals surface area (Å²) in [6.07, 6.45) is 5.16. The van der Waals surface area contributed by atoms with Crippen LogP contribution in [-0.2, 0) is 6.54 Å². The summed E-state index contributed by atoms with van der Waals surface area (Å²) < 4.78 is 0. The Morgan fingerprint density at radius 3 is 2.92 bits per heavy atom. The molecule has 0 amide bonds. The standard InChI is InChI=1S/C9H18N4/c1-3-5-8(4-2)10-6-9-11-7-12-13-9/h7-8,10H,3-6H2,1-2H3,(H,11,12,13). The van der Waals surface area contributed by atoms with Gasteiger partial charge in [-0.25, -0.2) is 4.98 Å². The zero-order valence-corrected chi connectivity index (χ0v) is 8.38. The summed E-state index contributed by atoms with van der Waals surface area (Å²) in [5, 5.41) is 10.1. The number of rotatable bonds is 6. The quantitative estimate of drug-likeness (QED) is 0.700. The molecular weight excluding hydrogens is 164 g/mol. The molecule has 0 bridgehead atoms. The third-order valence-corrected chi connectivity index (χ3v) is 2.15. The van der Waals surface area contributed by atoms with E-state index in [0.717, 1.165) is 12.4 Å². The number of nitrogens with zero attached hydrogens (tertiary/aromatic N) is 2. The Hall–Kier alpha value is -0.900. The zero-order valence-electron chi connectivity index (χ0n) is 8.38. The number of aromatic amines is 1. The molecule has 74 valence electrons. The van der Waals surface area contributed by atoms with Gasteiger partial charge in [0, 0.05) is 6.04 Å². The predicted octanol–water partition coefficient (Wildman–Crippen LogP) is 1.47. The van der Waals surface area contributed by atoms with E-state index in [1.165, 1.54) is 25.6 Å². The van der Waals surface area contributed by atoms with Crippen LogP contribution in [0.25, 0.3) is 0 Å². The second-order valence-corrected chi connectivity index (χ2v) is 3.21. The summed E-state index contributed by atoms with van der Waals surface area (Å²) in [6, 6.07) is 0.607. The molecule has 0 aliphatic rings. The minimum absolute atomic E-state index is 0.607. The summed E-state index contributed by atoms with van der Waals surface area (Å²) in [5.41, 5.74) is 0. The topological polar surface area (TPSA) is 53.6 Å². The summed E-state index contributed by atoms with van der Waals surface area (Å²) in [6.45, 7) is 5.20. The van der Waals surface area contributed by atoms with Crippen molar-refractivity contribution < 1.29 is 0 Å². The number of H-pyrrole nitrogens is 1. The number of hydrogen-bond acceptors (Lipinski definition) is 3. The molecule has 0 radical (unpaired) electrons. The van der Waals surface area contributed by atoms with Crippen molar-refractivity contribution in [2.45, 2.75) is 45.7 Å². The van der Waals surface area contributed by atoms with E-state index in [-0.39, 0.29) is 0 Å². The Kier molecular flexibility index (Phi) is 4.46. The van der Waals surface area contributed by atoms with Crippen LogP contribution in [0.4, 0.5) is 0 Å². The molecule has 0 saturated carbocycles. The fraction of sp³-hybridized carbons (Fsp3) is 0.778. The molecule has 0 aliphatic heterocycles. The van der Waals surface area contributed by atoms with Crippen LogP contribution in [0.15, 0.2) is 6.33 Å². The maximum atomic E-state index is 4.05. The Bertz CT molecular complexity index is 207. The molecule has 0 aromatic carbocycles. The lowest BCUT2D eigenvalue weighted by atomic mass is 10.1. The third kappa shape index (κ3) is 3.55. The highest BCUT2D eigenvalue weighted by Gasteiger charge is 2.04. The Balaban J connectivity index is 2.23. The van der Waals surface area contributed by atoms with Gasteiger partial charge in [-0.1, -0.05) is 20.3 Å². The molecule has 1 rings (SSSR count). The Morgan fingerprint density at radius 2 is 2.38 bits per heavy atom. The fourth-order valence-corrected chi connectivity index (χ4v) is 1.36. The minimum Gasteiger partial charge on any atom is -0.307 e. The molecule has 1 atom stereocenters. The van der Waals surface area contributed by atoms with Crippen LogP contribution in [0.2, 0.25) is 0 Å². The predicted molar refractivity (Wildman–Crippen MR) is 52.2 cm³/mol. The summed E-state index contributed by atoms with van der Waals surface area (Å²) in [7, 11) is 0. The van der Waals surface area contributed by atoms with Gasteiger partial charge in [0.05, 0.1) is 6.54 Å². The number of aromatic nitrogens is 3. The molecule has 2 N–H and O–H groups in total. The lowest BCUT2D eigenvalue weighted by Crippen LogP contribution is -2.28. The molecule has 0 aliphatic carbocycles.